The van der Waals surface area contributed by atoms with Gasteiger partial charge in [-0.25, -0.2) is 4.98 Å². The minimum absolute atomic E-state index is 0.211. The molecule has 4 heteroatoms. The highest BCUT2D eigenvalue weighted by molar-refractivity contribution is 7.13. The second-order valence-corrected chi connectivity index (χ2v) is 5.50. The van der Waals surface area contributed by atoms with E-state index in [1.165, 1.54) is 0 Å². The first kappa shape index (κ1) is 12.5. The van der Waals surface area contributed by atoms with Crippen LogP contribution < -0.4 is 5.32 Å². The Kier molecular flexibility index (Phi) is 4.54. The summed E-state index contributed by atoms with van der Waals surface area (Å²) in [6.07, 6.45) is 1.90. The van der Waals surface area contributed by atoms with E-state index in [1.807, 2.05) is 12.3 Å². The molecule has 3 nitrogen and oxygen atoms in total. The molecule has 0 spiro atoms. The zero-order valence-corrected chi connectivity index (χ0v) is 10.5. The van der Waals surface area contributed by atoms with Crippen LogP contribution in [0, 0.1) is 12.3 Å². The van der Waals surface area contributed by atoms with Gasteiger partial charge in [0.05, 0.1) is 5.69 Å². The SMILES string of the molecule is Cc1csc(NCC(C)(C)CCCO)n1. The molecule has 0 aromatic carbocycles. The average Bonchev–Trinajstić information content (AvgIpc) is 2.59. The number of nitrogens with zero attached hydrogens (tertiary/aromatic N) is 1. The zero-order chi connectivity index (χ0) is 11.3. The van der Waals surface area contributed by atoms with Crippen LogP contribution in [0.1, 0.15) is 32.4 Å². The minimum atomic E-state index is 0.211. The Morgan fingerprint density at radius 2 is 2.27 bits per heavy atom. The number of hydrogen-bond donors (Lipinski definition) is 2. The summed E-state index contributed by atoms with van der Waals surface area (Å²) >= 11 is 1.64. The molecular formula is C11H20N2OS. The second-order valence-electron chi connectivity index (χ2n) is 4.64. The maximum Gasteiger partial charge on any atom is 0.182 e. The van der Waals surface area contributed by atoms with Gasteiger partial charge in [-0.1, -0.05) is 13.8 Å². The van der Waals surface area contributed by atoms with Crippen molar-refractivity contribution in [3.05, 3.63) is 11.1 Å². The van der Waals surface area contributed by atoms with Gasteiger partial charge in [-0.15, -0.1) is 11.3 Å². The van der Waals surface area contributed by atoms with Crippen molar-refractivity contribution in [2.24, 2.45) is 5.41 Å². The number of nitrogens with one attached hydrogen (secondary N) is 1. The summed E-state index contributed by atoms with van der Waals surface area (Å²) in [5.74, 6) is 0. The van der Waals surface area contributed by atoms with Crippen molar-refractivity contribution in [1.82, 2.24) is 4.98 Å². The summed E-state index contributed by atoms with van der Waals surface area (Å²) in [6, 6.07) is 0. The fraction of sp³-hybridized carbons (Fsp3) is 0.727. The van der Waals surface area contributed by atoms with E-state index in [1.54, 1.807) is 11.3 Å². The fourth-order valence-electron chi connectivity index (χ4n) is 1.40. The number of aliphatic hydroxyl groups is 1. The Morgan fingerprint density at radius 1 is 1.53 bits per heavy atom. The molecule has 1 rings (SSSR count). The molecule has 0 saturated heterocycles. The normalized spacial score (nSPS) is 11.7. The summed E-state index contributed by atoms with van der Waals surface area (Å²) in [4.78, 5) is 4.35. The van der Waals surface area contributed by atoms with Gasteiger partial charge >= 0.3 is 0 Å². The van der Waals surface area contributed by atoms with Crippen molar-refractivity contribution in [3.63, 3.8) is 0 Å². The Morgan fingerprint density at radius 3 is 2.80 bits per heavy atom. The summed E-state index contributed by atoms with van der Waals surface area (Å²) in [7, 11) is 0. The van der Waals surface area contributed by atoms with Gasteiger partial charge in [-0.2, -0.15) is 0 Å². The van der Waals surface area contributed by atoms with E-state index in [0.717, 1.165) is 30.2 Å². The molecular weight excluding hydrogens is 208 g/mol. The first-order valence-corrected chi connectivity index (χ1v) is 6.18. The Hall–Kier alpha value is -0.610. The predicted octanol–water partition coefficient (Wildman–Crippen LogP) is 2.66. The molecule has 1 aromatic rings. The summed E-state index contributed by atoms with van der Waals surface area (Å²) in [5.41, 5.74) is 1.28. The monoisotopic (exact) mass is 228 g/mol. The van der Waals surface area contributed by atoms with E-state index in [0.29, 0.717) is 0 Å². The van der Waals surface area contributed by atoms with Crippen molar-refractivity contribution in [1.29, 1.82) is 0 Å². The van der Waals surface area contributed by atoms with Crippen molar-refractivity contribution >= 4 is 16.5 Å². The van der Waals surface area contributed by atoms with Gasteiger partial charge in [0.2, 0.25) is 0 Å². The van der Waals surface area contributed by atoms with Crippen LogP contribution in [0.2, 0.25) is 0 Å². The highest BCUT2D eigenvalue weighted by atomic mass is 32.1. The van der Waals surface area contributed by atoms with E-state index in [-0.39, 0.29) is 12.0 Å². The van der Waals surface area contributed by atoms with E-state index in [4.69, 9.17) is 5.11 Å². The van der Waals surface area contributed by atoms with Crippen molar-refractivity contribution in [3.8, 4) is 0 Å². The number of hydrogen-bond acceptors (Lipinski definition) is 4. The number of rotatable bonds is 6. The van der Waals surface area contributed by atoms with E-state index in [9.17, 15) is 0 Å². The average molecular weight is 228 g/mol. The fourth-order valence-corrected chi connectivity index (χ4v) is 2.08. The van der Waals surface area contributed by atoms with Gasteiger partial charge in [0.15, 0.2) is 5.13 Å². The van der Waals surface area contributed by atoms with Crippen molar-refractivity contribution in [2.45, 2.75) is 33.6 Å². The van der Waals surface area contributed by atoms with Gasteiger partial charge in [0.1, 0.15) is 0 Å². The molecule has 1 aromatic heterocycles. The molecule has 0 aliphatic rings. The number of anilines is 1. The number of aryl methyl sites for hydroxylation is 1. The molecule has 0 fully saturated rings. The Balaban J connectivity index is 2.35. The predicted molar refractivity (Wildman–Crippen MR) is 65.4 cm³/mol. The largest absolute Gasteiger partial charge is 0.396 e. The molecule has 1 heterocycles. The number of aromatic nitrogens is 1. The second kappa shape index (κ2) is 5.47. The lowest BCUT2D eigenvalue weighted by Gasteiger charge is -2.24. The van der Waals surface area contributed by atoms with E-state index < -0.39 is 0 Å². The van der Waals surface area contributed by atoms with Crippen molar-refractivity contribution in [2.75, 3.05) is 18.5 Å². The van der Waals surface area contributed by atoms with Crippen LogP contribution in [-0.4, -0.2) is 23.2 Å². The van der Waals surface area contributed by atoms with Gasteiger partial charge < -0.3 is 10.4 Å². The van der Waals surface area contributed by atoms with E-state index >= 15 is 0 Å². The van der Waals surface area contributed by atoms with Crippen LogP contribution in [0.4, 0.5) is 5.13 Å². The number of thiazole rings is 1. The molecule has 0 amide bonds. The van der Waals surface area contributed by atoms with Crippen LogP contribution >= 0.6 is 11.3 Å². The molecule has 0 aliphatic carbocycles. The first-order valence-electron chi connectivity index (χ1n) is 5.30. The summed E-state index contributed by atoms with van der Waals surface area (Å²) in [5, 5.41) is 15.2. The summed E-state index contributed by atoms with van der Waals surface area (Å²) in [6.45, 7) is 7.59. The van der Waals surface area contributed by atoms with Crippen molar-refractivity contribution < 1.29 is 5.11 Å². The third kappa shape index (κ3) is 4.62. The zero-order valence-electron chi connectivity index (χ0n) is 9.71. The van der Waals surface area contributed by atoms with Gasteiger partial charge in [-0.05, 0) is 25.2 Å². The topological polar surface area (TPSA) is 45.1 Å². The molecule has 15 heavy (non-hydrogen) atoms. The number of aliphatic hydroxyl groups excluding tert-OH is 1. The van der Waals surface area contributed by atoms with Crippen LogP contribution in [0.3, 0.4) is 0 Å². The van der Waals surface area contributed by atoms with Crippen LogP contribution in [0.25, 0.3) is 0 Å². The maximum absolute atomic E-state index is 8.79. The molecule has 0 bridgehead atoms. The van der Waals surface area contributed by atoms with Gasteiger partial charge in [0.25, 0.3) is 0 Å². The minimum Gasteiger partial charge on any atom is -0.396 e. The highest BCUT2D eigenvalue weighted by Crippen LogP contribution is 2.24. The Bertz CT molecular complexity index is 297. The highest BCUT2D eigenvalue weighted by Gasteiger charge is 2.17. The molecule has 0 atom stereocenters. The quantitative estimate of drug-likeness (QED) is 0.787. The van der Waals surface area contributed by atoms with E-state index in [2.05, 4.69) is 24.1 Å². The first-order chi connectivity index (χ1) is 7.03. The Labute approximate surface area is 95.6 Å². The third-order valence-electron chi connectivity index (χ3n) is 2.35. The lowest BCUT2D eigenvalue weighted by Crippen LogP contribution is -2.23. The van der Waals surface area contributed by atoms with Gasteiger partial charge in [0, 0.05) is 18.5 Å². The van der Waals surface area contributed by atoms with Crippen LogP contribution in [0.15, 0.2) is 5.38 Å². The molecule has 0 aliphatic heterocycles. The standard InChI is InChI=1S/C11H20N2OS/c1-9-7-15-10(13-9)12-8-11(2,3)5-4-6-14/h7,14H,4-6,8H2,1-3H3,(H,12,13). The van der Waals surface area contributed by atoms with Gasteiger partial charge in [-0.3, -0.25) is 0 Å². The third-order valence-corrected chi connectivity index (χ3v) is 3.27. The van der Waals surface area contributed by atoms with Crippen LogP contribution in [0.5, 0.6) is 0 Å². The molecule has 0 radical (unpaired) electrons. The molecule has 0 unspecified atom stereocenters. The molecule has 86 valence electrons. The van der Waals surface area contributed by atoms with Crippen LogP contribution in [-0.2, 0) is 0 Å². The lowest BCUT2D eigenvalue weighted by molar-refractivity contribution is 0.248. The lowest BCUT2D eigenvalue weighted by atomic mass is 9.88. The molecule has 0 saturated carbocycles. The maximum atomic E-state index is 8.79. The smallest absolute Gasteiger partial charge is 0.182 e. The summed E-state index contributed by atoms with van der Waals surface area (Å²) < 4.78 is 0. The molecule has 2 N–H and O–H groups in total.